The van der Waals surface area contributed by atoms with E-state index in [1.165, 1.54) is 4.88 Å². The first-order valence-electron chi connectivity index (χ1n) is 10.0. The van der Waals surface area contributed by atoms with Gasteiger partial charge in [-0.3, -0.25) is 14.5 Å². The number of methoxy groups -OCH3 is 1. The summed E-state index contributed by atoms with van der Waals surface area (Å²) in [7, 11) is 1.62. The molecule has 6 nitrogen and oxygen atoms in total. The Morgan fingerprint density at radius 1 is 1.22 bits per heavy atom. The van der Waals surface area contributed by atoms with Gasteiger partial charge in [-0.25, -0.2) is 0 Å². The summed E-state index contributed by atoms with van der Waals surface area (Å²) in [4.78, 5) is 28.8. The van der Waals surface area contributed by atoms with Crippen molar-refractivity contribution in [2.45, 2.75) is 45.4 Å². The Bertz CT molecular complexity index is 666. The summed E-state index contributed by atoms with van der Waals surface area (Å²) in [6, 6.07) is 0. The van der Waals surface area contributed by atoms with Crippen LogP contribution in [0.2, 0.25) is 0 Å². The molecule has 3 rings (SSSR count). The number of hydrogen-bond donors (Lipinski definition) is 2. The van der Waals surface area contributed by atoms with Crippen molar-refractivity contribution in [2.75, 3.05) is 45.2 Å². The van der Waals surface area contributed by atoms with Crippen LogP contribution in [0.1, 0.15) is 53.4 Å². The molecule has 2 N–H and O–H groups in total. The van der Waals surface area contributed by atoms with Crippen LogP contribution >= 0.6 is 11.3 Å². The van der Waals surface area contributed by atoms with Gasteiger partial charge in [0.25, 0.3) is 5.91 Å². The van der Waals surface area contributed by atoms with Crippen molar-refractivity contribution in [2.24, 2.45) is 5.92 Å². The Balaban J connectivity index is 1.69. The highest BCUT2D eigenvalue weighted by atomic mass is 32.1. The fraction of sp³-hybridized carbons (Fsp3) is 0.700. The van der Waals surface area contributed by atoms with E-state index in [4.69, 9.17) is 4.74 Å². The molecule has 0 radical (unpaired) electrons. The van der Waals surface area contributed by atoms with Gasteiger partial charge < -0.3 is 15.4 Å². The predicted molar refractivity (Wildman–Crippen MR) is 109 cm³/mol. The molecular formula is C20H31N3O3S. The first kappa shape index (κ1) is 20.3. The number of aryl methyl sites for hydroxylation is 1. The maximum absolute atomic E-state index is 12.8. The van der Waals surface area contributed by atoms with Crippen molar-refractivity contribution < 1.29 is 14.3 Å². The van der Waals surface area contributed by atoms with Crippen LogP contribution in [0, 0.1) is 5.92 Å². The fourth-order valence-electron chi connectivity index (χ4n) is 3.84. The molecule has 150 valence electrons. The van der Waals surface area contributed by atoms with Gasteiger partial charge in [-0.15, -0.1) is 11.3 Å². The van der Waals surface area contributed by atoms with E-state index in [-0.39, 0.29) is 11.8 Å². The molecule has 7 heteroatoms. The average molecular weight is 394 g/mol. The fourth-order valence-corrected chi connectivity index (χ4v) is 5.14. The van der Waals surface area contributed by atoms with Gasteiger partial charge in [-0.2, -0.15) is 0 Å². The number of likely N-dealkylation sites (tertiary alicyclic amines) is 1. The van der Waals surface area contributed by atoms with Crippen molar-refractivity contribution in [3.63, 3.8) is 0 Å². The summed E-state index contributed by atoms with van der Waals surface area (Å²) in [6.45, 7) is 5.56. The normalized spacial score (nSPS) is 18.1. The number of rotatable bonds is 7. The van der Waals surface area contributed by atoms with Crippen molar-refractivity contribution in [1.82, 2.24) is 10.2 Å². The van der Waals surface area contributed by atoms with E-state index in [2.05, 4.69) is 22.5 Å². The zero-order valence-corrected chi connectivity index (χ0v) is 17.3. The van der Waals surface area contributed by atoms with Crippen molar-refractivity contribution in [3.8, 4) is 0 Å². The first-order chi connectivity index (χ1) is 13.1. The van der Waals surface area contributed by atoms with Crippen molar-refractivity contribution in [1.29, 1.82) is 0 Å². The number of fused-ring (bicyclic) bond motifs is 1. The number of anilines is 1. The van der Waals surface area contributed by atoms with E-state index in [0.29, 0.717) is 30.3 Å². The van der Waals surface area contributed by atoms with Crippen LogP contribution in [0.15, 0.2) is 0 Å². The van der Waals surface area contributed by atoms with E-state index < -0.39 is 0 Å². The number of amides is 2. The Hall–Kier alpha value is -1.44. The van der Waals surface area contributed by atoms with Crippen molar-refractivity contribution in [3.05, 3.63) is 16.0 Å². The molecule has 0 unspecified atom stereocenters. The smallest absolute Gasteiger partial charge is 0.254 e. The Morgan fingerprint density at radius 3 is 2.70 bits per heavy atom. The molecule has 1 aromatic heterocycles. The van der Waals surface area contributed by atoms with Gasteiger partial charge in [-0.1, -0.05) is 6.92 Å². The summed E-state index contributed by atoms with van der Waals surface area (Å²) in [5.41, 5.74) is 1.80. The van der Waals surface area contributed by atoms with Crippen molar-refractivity contribution >= 4 is 28.2 Å². The molecule has 1 saturated heterocycles. The molecule has 0 saturated carbocycles. The third-order valence-corrected chi connectivity index (χ3v) is 6.69. The second-order valence-corrected chi connectivity index (χ2v) is 8.78. The van der Waals surface area contributed by atoms with Crippen LogP contribution in [0.5, 0.6) is 0 Å². The van der Waals surface area contributed by atoms with Gasteiger partial charge >= 0.3 is 0 Å². The van der Waals surface area contributed by atoms with E-state index in [1.807, 2.05) is 0 Å². The van der Waals surface area contributed by atoms with E-state index >= 15 is 0 Å². The molecule has 2 heterocycles. The van der Waals surface area contributed by atoms with Crippen LogP contribution in [0.25, 0.3) is 0 Å². The second kappa shape index (κ2) is 9.66. The number of hydrogen-bond acceptors (Lipinski definition) is 5. The van der Waals surface area contributed by atoms with Crippen LogP contribution in [0.4, 0.5) is 5.00 Å². The van der Waals surface area contributed by atoms with Gasteiger partial charge in [0.05, 0.1) is 18.7 Å². The maximum atomic E-state index is 12.8. The minimum atomic E-state index is -0.103. The zero-order chi connectivity index (χ0) is 19.2. The Kier molecular flexibility index (Phi) is 7.26. The zero-order valence-electron chi connectivity index (χ0n) is 16.4. The number of nitrogens with one attached hydrogen (secondary N) is 2. The summed E-state index contributed by atoms with van der Waals surface area (Å²) in [5.74, 6) is 0.623. The summed E-state index contributed by atoms with van der Waals surface area (Å²) in [5, 5.41) is 6.68. The molecule has 1 aliphatic carbocycles. The lowest BCUT2D eigenvalue weighted by Gasteiger charge is -2.29. The minimum Gasteiger partial charge on any atom is -0.383 e. The highest BCUT2D eigenvalue weighted by molar-refractivity contribution is 7.17. The number of thiophene rings is 1. The predicted octanol–water partition coefficient (Wildman–Crippen LogP) is 2.67. The van der Waals surface area contributed by atoms with Crippen LogP contribution in [0.3, 0.4) is 0 Å². The third kappa shape index (κ3) is 5.30. The monoisotopic (exact) mass is 393 g/mol. The van der Waals surface area contributed by atoms with Crippen LogP contribution in [-0.4, -0.2) is 56.6 Å². The molecule has 0 atom stereocenters. The quantitative estimate of drug-likeness (QED) is 0.699. The van der Waals surface area contributed by atoms with Crippen LogP contribution < -0.4 is 10.6 Å². The van der Waals surface area contributed by atoms with Gasteiger partial charge in [0.2, 0.25) is 5.91 Å². The van der Waals surface area contributed by atoms with Gasteiger partial charge in [0.1, 0.15) is 5.00 Å². The molecule has 0 aromatic carbocycles. The summed E-state index contributed by atoms with van der Waals surface area (Å²) in [6.07, 6.45) is 6.46. The molecule has 1 fully saturated rings. The molecule has 27 heavy (non-hydrogen) atoms. The van der Waals surface area contributed by atoms with Gasteiger partial charge in [-0.05, 0) is 63.1 Å². The second-order valence-electron chi connectivity index (χ2n) is 7.67. The lowest BCUT2D eigenvalue weighted by molar-refractivity contribution is -0.117. The number of carbonyl (C=O) groups excluding carboxylic acids is 2. The molecule has 2 amide bonds. The number of ether oxygens (including phenoxy) is 1. The lowest BCUT2D eigenvalue weighted by atomic mass is 9.95. The molecule has 2 aliphatic rings. The molecule has 0 bridgehead atoms. The molecular weight excluding hydrogens is 362 g/mol. The highest BCUT2D eigenvalue weighted by Crippen LogP contribution is 2.38. The van der Waals surface area contributed by atoms with E-state index in [9.17, 15) is 9.59 Å². The number of carbonyl (C=O) groups is 2. The molecule has 1 aromatic rings. The van der Waals surface area contributed by atoms with Crippen LogP contribution in [-0.2, 0) is 22.4 Å². The van der Waals surface area contributed by atoms with E-state index in [1.54, 1.807) is 18.4 Å². The Labute approximate surface area is 165 Å². The average Bonchev–Trinajstić information content (AvgIpc) is 3.01. The Morgan fingerprint density at radius 2 is 1.96 bits per heavy atom. The number of piperidine rings is 1. The van der Waals surface area contributed by atoms with Gasteiger partial charge in [0.15, 0.2) is 0 Å². The molecule has 1 aliphatic heterocycles. The van der Waals surface area contributed by atoms with E-state index in [0.717, 1.165) is 63.1 Å². The largest absolute Gasteiger partial charge is 0.383 e. The first-order valence-corrected chi connectivity index (χ1v) is 10.8. The highest BCUT2D eigenvalue weighted by Gasteiger charge is 2.27. The minimum absolute atomic E-state index is 0.0194. The van der Waals surface area contributed by atoms with Gasteiger partial charge in [0, 0.05) is 18.5 Å². The maximum Gasteiger partial charge on any atom is 0.254 e. The third-order valence-electron chi connectivity index (χ3n) is 5.49. The number of nitrogens with zero attached hydrogens (tertiary/aromatic N) is 1. The summed E-state index contributed by atoms with van der Waals surface area (Å²) < 4.78 is 5.02. The topological polar surface area (TPSA) is 70.7 Å². The SMILES string of the molecule is COCCNC(=O)c1c(NC(=O)CN2CCC(C)CC2)sc2c1CCCC2. The molecule has 0 spiro atoms. The standard InChI is InChI=1S/C20H31N3O3S/c1-14-7-10-23(11-8-14)13-17(24)22-20-18(19(25)21-9-12-26-2)15-5-3-4-6-16(15)27-20/h14H,3-13H2,1-2H3,(H,21,25)(H,22,24). The summed E-state index contributed by atoms with van der Waals surface area (Å²) >= 11 is 1.58. The lowest BCUT2D eigenvalue weighted by Crippen LogP contribution is -2.39.